The molecule has 8 nitrogen and oxygen atoms in total. The number of nitrogens with zero attached hydrogens (tertiary/aromatic N) is 1. The molecule has 3 rings (SSSR count). The van der Waals surface area contributed by atoms with Crippen molar-refractivity contribution in [2.45, 2.75) is 90.6 Å². The van der Waals surface area contributed by atoms with Gasteiger partial charge in [-0.3, -0.25) is 19.3 Å². The second kappa shape index (κ2) is 9.17. The average molecular weight is 436 g/mol. The number of carbonyl (C=O) groups is 4. The first kappa shape index (κ1) is 23.5. The first-order valence-electron chi connectivity index (χ1n) is 11.6. The molecule has 0 bridgehead atoms. The molecule has 1 spiro atoms. The van der Waals surface area contributed by atoms with Crippen molar-refractivity contribution < 1.29 is 23.9 Å². The third-order valence-electron chi connectivity index (χ3n) is 7.42. The Bertz CT molecular complexity index is 721. The molecule has 174 valence electrons. The van der Waals surface area contributed by atoms with Crippen LogP contribution in [0.25, 0.3) is 0 Å². The molecule has 2 atom stereocenters. The molecule has 0 aromatic rings. The third kappa shape index (κ3) is 5.39. The highest BCUT2D eigenvalue weighted by Crippen LogP contribution is 2.43. The monoisotopic (exact) mass is 435 g/mol. The zero-order valence-corrected chi connectivity index (χ0v) is 19.3. The summed E-state index contributed by atoms with van der Waals surface area (Å²) in [6.07, 6.45) is 7.13. The van der Waals surface area contributed by atoms with E-state index >= 15 is 0 Å². The van der Waals surface area contributed by atoms with Crippen molar-refractivity contribution in [1.82, 2.24) is 15.5 Å². The maximum absolute atomic E-state index is 13.0. The van der Waals surface area contributed by atoms with Gasteiger partial charge < -0.3 is 15.4 Å². The maximum Gasteiger partial charge on any atom is 0.326 e. The highest BCUT2D eigenvalue weighted by atomic mass is 16.5. The molecule has 3 aliphatic rings. The van der Waals surface area contributed by atoms with Crippen LogP contribution in [-0.2, 0) is 19.1 Å². The number of amides is 4. The number of carbonyl (C=O) groups excluding carboxylic acids is 4. The molecule has 2 aliphatic carbocycles. The zero-order valence-electron chi connectivity index (χ0n) is 19.3. The molecule has 0 aromatic carbocycles. The molecular formula is C23H37N3O5. The van der Waals surface area contributed by atoms with Crippen LogP contribution in [0.3, 0.4) is 0 Å². The van der Waals surface area contributed by atoms with Crippen molar-refractivity contribution >= 4 is 23.8 Å². The number of rotatable bonds is 5. The fourth-order valence-corrected chi connectivity index (χ4v) is 5.24. The SMILES string of the molecule is CC1CCCCC1NC(=O)COC(=O)CN1C(=O)NC2(CCC(C(C)(C)C)CC2)C1=O. The Morgan fingerprint density at radius 3 is 2.39 bits per heavy atom. The highest BCUT2D eigenvalue weighted by Gasteiger charge is 2.53. The van der Waals surface area contributed by atoms with Gasteiger partial charge in [0.1, 0.15) is 12.1 Å². The van der Waals surface area contributed by atoms with Crippen LogP contribution in [0, 0.1) is 17.3 Å². The maximum atomic E-state index is 13.0. The van der Waals surface area contributed by atoms with Gasteiger partial charge in [0.25, 0.3) is 11.8 Å². The number of hydrogen-bond donors (Lipinski definition) is 2. The Morgan fingerprint density at radius 1 is 1.13 bits per heavy atom. The molecule has 1 saturated heterocycles. The summed E-state index contributed by atoms with van der Waals surface area (Å²) in [4.78, 5) is 50.7. The summed E-state index contributed by atoms with van der Waals surface area (Å²) in [5, 5.41) is 5.74. The van der Waals surface area contributed by atoms with Crippen molar-refractivity contribution in [3.63, 3.8) is 0 Å². The van der Waals surface area contributed by atoms with Crippen LogP contribution in [-0.4, -0.2) is 53.4 Å². The van der Waals surface area contributed by atoms with E-state index in [1.165, 1.54) is 6.42 Å². The van der Waals surface area contributed by atoms with Gasteiger partial charge in [-0.05, 0) is 55.8 Å². The normalized spacial score (nSPS) is 31.5. The topological polar surface area (TPSA) is 105 Å². The van der Waals surface area contributed by atoms with Crippen LogP contribution in [0.1, 0.15) is 79.1 Å². The van der Waals surface area contributed by atoms with E-state index in [-0.39, 0.29) is 23.3 Å². The standard InChI is InChI=1S/C23H37N3O5/c1-15-7-5-6-8-17(15)24-18(27)14-31-19(28)13-26-20(29)23(25-21(26)30)11-9-16(10-12-23)22(2,3)4/h15-17H,5-14H2,1-4H3,(H,24,27)(H,25,30). The van der Waals surface area contributed by atoms with Crippen LogP contribution >= 0.6 is 0 Å². The van der Waals surface area contributed by atoms with Gasteiger partial charge in [0.2, 0.25) is 0 Å². The lowest BCUT2D eigenvalue weighted by atomic mass is 9.67. The van der Waals surface area contributed by atoms with E-state index in [9.17, 15) is 19.2 Å². The van der Waals surface area contributed by atoms with Crippen LogP contribution < -0.4 is 10.6 Å². The second-order valence-electron chi connectivity index (χ2n) is 10.6. The number of nitrogens with one attached hydrogen (secondary N) is 2. The molecule has 0 radical (unpaired) electrons. The van der Waals surface area contributed by atoms with Gasteiger partial charge in [-0.15, -0.1) is 0 Å². The number of ether oxygens (including phenoxy) is 1. The number of hydrogen-bond acceptors (Lipinski definition) is 5. The quantitative estimate of drug-likeness (QED) is 0.510. The Hall–Kier alpha value is -2.12. The van der Waals surface area contributed by atoms with E-state index in [0.717, 1.165) is 37.0 Å². The van der Waals surface area contributed by atoms with E-state index < -0.39 is 30.7 Å². The molecule has 0 aromatic heterocycles. The van der Waals surface area contributed by atoms with Crippen LogP contribution in [0.2, 0.25) is 0 Å². The largest absolute Gasteiger partial charge is 0.454 e. The minimum atomic E-state index is -0.909. The van der Waals surface area contributed by atoms with Crippen molar-refractivity contribution in [2.24, 2.45) is 17.3 Å². The molecular weight excluding hydrogens is 398 g/mol. The first-order chi connectivity index (χ1) is 14.5. The van der Waals surface area contributed by atoms with Gasteiger partial charge >= 0.3 is 12.0 Å². The van der Waals surface area contributed by atoms with Crippen molar-refractivity contribution in [3.8, 4) is 0 Å². The number of urea groups is 1. The number of esters is 1. The van der Waals surface area contributed by atoms with Crippen molar-refractivity contribution in [1.29, 1.82) is 0 Å². The van der Waals surface area contributed by atoms with E-state index in [0.29, 0.717) is 24.7 Å². The van der Waals surface area contributed by atoms with Crippen LogP contribution in [0.5, 0.6) is 0 Å². The Balaban J connectivity index is 1.47. The van der Waals surface area contributed by atoms with Gasteiger partial charge in [-0.2, -0.15) is 0 Å². The summed E-state index contributed by atoms with van der Waals surface area (Å²) in [5.41, 5.74) is -0.750. The summed E-state index contributed by atoms with van der Waals surface area (Å²) in [6, 6.07) is -0.453. The summed E-state index contributed by atoms with van der Waals surface area (Å²) in [6.45, 7) is 7.82. The van der Waals surface area contributed by atoms with E-state index in [1.807, 2.05) is 0 Å². The van der Waals surface area contributed by atoms with Crippen molar-refractivity contribution in [3.05, 3.63) is 0 Å². The minimum absolute atomic E-state index is 0.106. The lowest BCUT2D eigenvalue weighted by molar-refractivity contribution is -0.151. The predicted molar refractivity (Wildman–Crippen MR) is 115 cm³/mol. The van der Waals surface area contributed by atoms with Gasteiger partial charge in [-0.1, -0.05) is 40.5 Å². The number of imide groups is 1. The van der Waals surface area contributed by atoms with Gasteiger partial charge in [-0.25, -0.2) is 4.79 Å². The molecule has 1 aliphatic heterocycles. The van der Waals surface area contributed by atoms with Crippen LogP contribution in [0.15, 0.2) is 0 Å². The summed E-state index contributed by atoms with van der Waals surface area (Å²) in [5.74, 6) is -0.560. The van der Waals surface area contributed by atoms with Gasteiger partial charge in [0, 0.05) is 6.04 Å². The summed E-state index contributed by atoms with van der Waals surface area (Å²) in [7, 11) is 0. The molecule has 3 fully saturated rings. The fourth-order valence-electron chi connectivity index (χ4n) is 5.24. The van der Waals surface area contributed by atoms with Crippen LogP contribution in [0.4, 0.5) is 4.79 Å². The van der Waals surface area contributed by atoms with Gasteiger partial charge in [0.15, 0.2) is 6.61 Å². The van der Waals surface area contributed by atoms with Gasteiger partial charge in [0.05, 0.1) is 0 Å². The zero-order chi connectivity index (χ0) is 22.8. The molecule has 4 amide bonds. The average Bonchev–Trinajstić information content (AvgIpc) is 2.92. The van der Waals surface area contributed by atoms with E-state index in [2.05, 4.69) is 38.3 Å². The molecule has 1 heterocycles. The summed E-state index contributed by atoms with van der Waals surface area (Å²) < 4.78 is 5.05. The Labute approximate surface area is 184 Å². The minimum Gasteiger partial charge on any atom is -0.454 e. The lowest BCUT2D eigenvalue weighted by Gasteiger charge is -2.40. The molecule has 31 heavy (non-hydrogen) atoms. The lowest BCUT2D eigenvalue weighted by Crippen LogP contribution is -2.50. The highest BCUT2D eigenvalue weighted by molar-refractivity contribution is 6.08. The molecule has 2 saturated carbocycles. The van der Waals surface area contributed by atoms with E-state index in [4.69, 9.17) is 4.74 Å². The first-order valence-corrected chi connectivity index (χ1v) is 11.6. The van der Waals surface area contributed by atoms with Crippen molar-refractivity contribution in [2.75, 3.05) is 13.2 Å². The molecule has 2 unspecified atom stereocenters. The summed E-state index contributed by atoms with van der Waals surface area (Å²) >= 11 is 0. The Morgan fingerprint density at radius 2 is 1.77 bits per heavy atom. The smallest absolute Gasteiger partial charge is 0.326 e. The third-order valence-corrected chi connectivity index (χ3v) is 7.42. The second-order valence-corrected chi connectivity index (χ2v) is 10.6. The predicted octanol–water partition coefficient (Wildman–Crippen LogP) is 2.75. The molecule has 8 heteroatoms. The Kier molecular flexibility index (Phi) is 6.96. The molecule has 2 N–H and O–H groups in total. The fraction of sp³-hybridized carbons (Fsp3) is 0.826. The van der Waals surface area contributed by atoms with E-state index in [1.54, 1.807) is 0 Å².